The molecule has 2 aromatic carbocycles. The maximum atomic E-state index is 12.6. The van der Waals surface area contributed by atoms with E-state index in [1.807, 2.05) is 18.2 Å². The van der Waals surface area contributed by atoms with Crippen LogP contribution in [0.2, 0.25) is 5.02 Å². The molecule has 0 unspecified atom stereocenters. The molecule has 5 heteroatoms. The average Bonchev–Trinajstić information content (AvgIpc) is 2.57. The van der Waals surface area contributed by atoms with Crippen molar-refractivity contribution in [2.24, 2.45) is 0 Å². The molecule has 0 spiro atoms. The third-order valence-electron chi connectivity index (χ3n) is 3.44. The van der Waals surface area contributed by atoms with E-state index in [0.717, 1.165) is 0 Å². The molecule has 0 saturated carbocycles. The molecular weight excluding hydrogens is 326 g/mol. The van der Waals surface area contributed by atoms with Crippen LogP contribution in [0.4, 0.5) is 5.69 Å². The number of nitrogens with one attached hydrogen (secondary N) is 1. The number of benzene rings is 2. The van der Waals surface area contributed by atoms with Gasteiger partial charge in [-0.3, -0.25) is 9.59 Å². The fourth-order valence-corrected chi connectivity index (χ4v) is 2.47. The fourth-order valence-electron chi connectivity index (χ4n) is 2.34. The van der Waals surface area contributed by atoms with Gasteiger partial charge in [0.2, 0.25) is 0 Å². The quantitative estimate of drug-likeness (QED) is 0.763. The maximum Gasteiger partial charge on any atom is 0.263 e. The molecule has 0 bridgehead atoms. The van der Waals surface area contributed by atoms with Crippen LogP contribution >= 0.6 is 11.6 Å². The minimum absolute atomic E-state index is 0.0262. The second-order valence-corrected chi connectivity index (χ2v) is 5.69. The first kappa shape index (κ1) is 16.0. The minimum atomic E-state index is -0.523. The summed E-state index contributed by atoms with van der Waals surface area (Å²) in [6.45, 7) is 1.68. The minimum Gasteiger partial charge on any atom is -0.460 e. The average molecular weight is 340 g/mol. The number of anilines is 1. The van der Waals surface area contributed by atoms with E-state index in [9.17, 15) is 9.59 Å². The number of hydrogen-bond acceptors (Lipinski definition) is 3. The lowest BCUT2D eigenvalue weighted by Gasteiger charge is -2.10. The smallest absolute Gasteiger partial charge is 0.263 e. The van der Waals surface area contributed by atoms with Crippen molar-refractivity contribution >= 4 is 23.2 Å². The number of halogens is 1. The van der Waals surface area contributed by atoms with Crippen molar-refractivity contribution in [2.75, 3.05) is 5.32 Å². The Morgan fingerprint density at radius 3 is 2.38 bits per heavy atom. The molecule has 0 atom stereocenters. The van der Waals surface area contributed by atoms with Crippen LogP contribution in [0, 0.1) is 6.92 Å². The van der Waals surface area contributed by atoms with Crippen LogP contribution in [-0.4, -0.2) is 5.91 Å². The summed E-state index contributed by atoms with van der Waals surface area (Å²) in [5.41, 5.74) is 0.800. The molecule has 0 aliphatic heterocycles. The zero-order valence-electron chi connectivity index (χ0n) is 12.9. The molecule has 3 aromatic rings. The predicted molar refractivity (Wildman–Crippen MR) is 94.6 cm³/mol. The van der Waals surface area contributed by atoms with E-state index < -0.39 is 5.91 Å². The topological polar surface area (TPSA) is 59.3 Å². The van der Waals surface area contributed by atoms with Crippen molar-refractivity contribution in [3.05, 3.63) is 87.2 Å². The van der Waals surface area contributed by atoms with Gasteiger partial charge >= 0.3 is 0 Å². The third-order valence-corrected chi connectivity index (χ3v) is 3.69. The summed E-state index contributed by atoms with van der Waals surface area (Å²) >= 11 is 5.84. The molecular formula is C19H14ClNO3. The molecule has 0 aliphatic rings. The molecule has 3 rings (SSSR count). The Morgan fingerprint density at radius 1 is 1.04 bits per heavy atom. The van der Waals surface area contributed by atoms with E-state index in [4.69, 9.17) is 16.0 Å². The van der Waals surface area contributed by atoms with Crippen molar-refractivity contribution in [3.63, 3.8) is 0 Å². The van der Waals surface area contributed by atoms with E-state index in [2.05, 4.69) is 5.32 Å². The Kier molecular flexibility index (Phi) is 4.49. The summed E-state index contributed by atoms with van der Waals surface area (Å²) < 4.78 is 5.67. The molecule has 0 radical (unpaired) electrons. The van der Waals surface area contributed by atoms with E-state index in [1.165, 1.54) is 6.07 Å². The van der Waals surface area contributed by atoms with Gasteiger partial charge in [0.1, 0.15) is 11.3 Å². The maximum absolute atomic E-state index is 12.6. The Hall–Kier alpha value is -2.85. The van der Waals surface area contributed by atoms with Gasteiger partial charge in [-0.1, -0.05) is 41.9 Å². The first-order valence-electron chi connectivity index (χ1n) is 7.31. The first-order chi connectivity index (χ1) is 11.5. The Labute approximate surface area is 143 Å². The molecule has 0 fully saturated rings. The van der Waals surface area contributed by atoms with Crippen LogP contribution in [-0.2, 0) is 0 Å². The molecule has 0 saturated heterocycles. The van der Waals surface area contributed by atoms with Gasteiger partial charge in [-0.15, -0.1) is 0 Å². The van der Waals surface area contributed by atoms with Crippen molar-refractivity contribution in [1.29, 1.82) is 0 Å². The highest BCUT2D eigenvalue weighted by Crippen LogP contribution is 2.23. The number of hydrogen-bond donors (Lipinski definition) is 1. The summed E-state index contributed by atoms with van der Waals surface area (Å²) in [4.78, 5) is 25.0. The third kappa shape index (κ3) is 3.39. The highest BCUT2D eigenvalue weighted by atomic mass is 35.5. The summed E-state index contributed by atoms with van der Waals surface area (Å²) in [6.07, 6.45) is 0. The number of carbonyl (C=O) groups is 1. The van der Waals surface area contributed by atoms with E-state index in [0.29, 0.717) is 22.0 Å². The molecule has 1 N–H and O–H groups in total. The predicted octanol–water partition coefficient (Wildman–Crippen LogP) is 4.52. The van der Waals surface area contributed by atoms with E-state index in [-0.39, 0.29) is 16.8 Å². The van der Waals surface area contributed by atoms with Crippen molar-refractivity contribution in [1.82, 2.24) is 0 Å². The van der Waals surface area contributed by atoms with Crippen LogP contribution in [0.1, 0.15) is 16.1 Å². The molecule has 1 amide bonds. The zero-order chi connectivity index (χ0) is 17.1. The first-order valence-corrected chi connectivity index (χ1v) is 7.69. The largest absolute Gasteiger partial charge is 0.460 e. The van der Waals surface area contributed by atoms with E-state index >= 15 is 0 Å². The number of aryl methyl sites for hydroxylation is 1. The van der Waals surface area contributed by atoms with Gasteiger partial charge in [0.15, 0.2) is 11.2 Å². The second-order valence-electron chi connectivity index (χ2n) is 5.25. The van der Waals surface area contributed by atoms with Crippen LogP contribution in [0.5, 0.6) is 0 Å². The van der Waals surface area contributed by atoms with Crippen molar-refractivity contribution < 1.29 is 9.21 Å². The monoisotopic (exact) mass is 339 g/mol. The molecule has 1 aromatic heterocycles. The second kappa shape index (κ2) is 6.72. The SMILES string of the molecule is Cc1cc(=O)c(C(=O)Nc2ccc(Cl)cc2)c(-c2ccccc2)o1. The van der Waals surface area contributed by atoms with Gasteiger partial charge < -0.3 is 9.73 Å². The molecule has 1 heterocycles. The standard InChI is InChI=1S/C19H14ClNO3/c1-12-11-16(22)17(18(24-12)13-5-3-2-4-6-13)19(23)21-15-9-7-14(20)8-10-15/h2-11H,1H3,(H,21,23). The summed E-state index contributed by atoms with van der Waals surface area (Å²) in [6, 6.07) is 17.0. The lowest BCUT2D eigenvalue weighted by Crippen LogP contribution is -2.22. The number of rotatable bonds is 3. The lowest BCUT2D eigenvalue weighted by molar-refractivity contribution is 0.102. The number of amides is 1. The highest BCUT2D eigenvalue weighted by Gasteiger charge is 2.20. The Morgan fingerprint density at radius 2 is 1.71 bits per heavy atom. The summed E-state index contributed by atoms with van der Waals surface area (Å²) in [5.74, 6) is 0.180. The molecule has 24 heavy (non-hydrogen) atoms. The van der Waals surface area contributed by atoms with Gasteiger partial charge in [0.25, 0.3) is 5.91 Å². The molecule has 120 valence electrons. The summed E-state index contributed by atoms with van der Waals surface area (Å²) in [7, 11) is 0. The number of carbonyl (C=O) groups excluding carboxylic acids is 1. The summed E-state index contributed by atoms with van der Waals surface area (Å²) in [5, 5.41) is 3.26. The zero-order valence-corrected chi connectivity index (χ0v) is 13.6. The fraction of sp³-hybridized carbons (Fsp3) is 0.0526. The Bertz CT molecular complexity index is 931. The Balaban J connectivity index is 2.05. The van der Waals surface area contributed by atoms with Gasteiger partial charge in [-0.2, -0.15) is 0 Å². The van der Waals surface area contributed by atoms with Gasteiger partial charge in [0.05, 0.1) is 0 Å². The highest BCUT2D eigenvalue weighted by molar-refractivity contribution is 6.30. The normalized spacial score (nSPS) is 10.4. The van der Waals surface area contributed by atoms with Gasteiger partial charge in [-0.25, -0.2) is 0 Å². The van der Waals surface area contributed by atoms with Crippen LogP contribution < -0.4 is 10.7 Å². The van der Waals surface area contributed by atoms with Crippen LogP contribution in [0.15, 0.2) is 69.9 Å². The molecule has 4 nitrogen and oxygen atoms in total. The molecule has 0 aliphatic carbocycles. The van der Waals surface area contributed by atoms with Gasteiger partial charge in [-0.05, 0) is 31.2 Å². The van der Waals surface area contributed by atoms with Crippen LogP contribution in [0.3, 0.4) is 0 Å². The van der Waals surface area contributed by atoms with Gasteiger partial charge in [0, 0.05) is 22.3 Å². The van der Waals surface area contributed by atoms with Crippen molar-refractivity contribution in [3.8, 4) is 11.3 Å². The lowest BCUT2D eigenvalue weighted by atomic mass is 10.1. The van der Waals surface area contributed by atoms with Crippen LogP contribution in [0.25, 0.3) is 11.3 Å². The van der Waals surface area contributed by atoms with E-state index in [1.54, 1.807) is 43.3 Å². The van der Waals surface area contributed by atoms with Crippen molar-refractivity contribution in [2.45, 2.75) is 6.92 Å².